The molecular weight excluding hydrogens is 476 g/mol. The molecule has 1 aliphatic rings. The van der Waals surface area contributed by atoms with E-state index in [1.807, 2.05) is 0 Å². The van der Waals surface area contributed by atoms with E-state index in [4.69, 9.17) is 0 Å². The van der Waals surface area contributed by atoms with Gasteiger partial charge >= 0.3 is 5.97 Å². The second-order valence-corrected chi connectivity index (χ2v) is 11.8. The molecule has 0 aromatic heterocycles. The zero-order valence-corrected chi connectivity index (χ0v) is 24.2. The SMILES string of the molecule is CCCCCC1CCC(c2ccc(-c3ccccc3-c3ccc(CCCC(CCC)C(=O)O)cc3)cc2)CC1. The lowest BCUT2D eigenvalue weighted by atomic mass is 9.77. The molecule has 2 nitrogen and oxygen atoms in total. The summed E-state index contributed by atoms with van der Waals surface area (Å²) < 4.78 is 0. The Labute approximate surface area is 236 Å². The van der Waals surface area contributed by atoms with Crippen LogP contribution >= 0.6 is 0 Å². The van der Waals surface area contributed by atoms with E-state index in [0.717, 1.165) is 43.9 Å². The average Bonchev–Trinajstić information content (AvgIpc) is 2.98. The van der Waals surface area contributed by atoms with Crippen LogP contribution in [0.15, 0.2) is 72.8 Å². The molecule has 0 bridgehead atoms. The molecule has 1 unspecified atom stereocenters. The Bertz CT molecular complexity index is 1140. The number of rotatable bonds is 14. The van der Waals surface area contributed by atoms with Gasteiger partial charge in [-0.2, -0.15) is 0 Å². The third-order valence-corrected chi connectivity index (χ3v) is 8.95. The lowest BCUT2D eigenvalue weighted by Crippen LogP contribution is -2.13. The number of hydrogen-bond acceptors (Lipinski definition) is 1. The number of benzene rings is 3. The highest BCUT2D eigenvalue weighted by Crippen LogP contribution is 2.39. The zero-order chi connectivity index (χ0) is 27.5. The lowest BCUT2D eigenvalue weighted by molar-refractivity contribution is -0.142. The minimum absolute atomic E-state index is 0.210. The van der Waals surface area contributed by atoms with Crippen LogP contribution in [-0.2, 0) is 11.2 Å². The van der Waals surface area contributed by atoms with E-state index in [1.165, 1.54) is 84.7 Å². The first-order valence-corrected chi connectivity index (χ1v) is 15.6. The Morgan fingerprint density at radius 2 is 1.36 bits per heavy atom. The van der Waals surface area contributed by atoms with Crippen molar-refractivity contribution >= 4 is 5.97 Å². The molecule has 1 aliphatic carbocycles. The number of aliphatic carboxylic acids is 1. The summed E-state index contributed by atoms with van der Waals surface area (Å²) >= 11 is 0. The monoisotopic (exact) mass is 524 g/mol. The van der Waals surface area contributed by atoms with Crippen molar-refractivity contribution < 1.29 is 9.90 Å². The Balaban J connectivity index is 1.37. The van der Waals surface area contributed by atoms with Crippen molar-refractivity contribution in [3.8, 4) is 22.3 Å². The Kier molecular flexibility index (Phi) is 11.2. The minimum atomic E-state index is -0.651. The van der Waals surface area contributed by atoms with Gasteiger partial charge in [-0.05, 0) is 96.6 Å². The molecule has 0 spiro atoms. The fourth-order valence-electron chi connectivity index (χ4n) is 6.53. The molecule has 1 fully saturated rings. The zero-order valence-electron chi connectivity index (χ0n) is 24.2. The average molecular weight is 525 g/mol. The molecule has 0 amide bonds. The van der Waals surface area contributed by atoms with Crippen LogP contribution in [0, 0.1) is 11.8 Å². The van der Waals surface area contributed by atoms with Gasteiger partial charge in [0, 0.05) is 0 Å². The predicted octanol–water partition coefficient (Wildman–Crippen LogP) is 10.7. The van der Waals surface area contributed by atoms with Crippen molar-refractivity contribution in [3.05, 3.63) is 83.9 Å². The van der Waals surface area contributed by atoms with Gasteiger partial charge in [-0.1, -0.05) is 119 Å². The van der Waals surface area contributed by atoms with E-state index in [2.05, 4.69) is 86.6 Å². The van der Waals surface area contributed by atoms with Gasteiger partial charge in [0.1, 0.15) is 0 Å². The van der Waals surface area contributed by atoms with Crippen LogP contribution in [0.2, 0.25) is 0 Å². The minimum Gasteiger partial charge on any atom is -0.481 e. The quantitative estimate of drug-likeness (QED) is 0.213. The van der Waals surface area contributed by atoms with Crippen LogP contribution in [0.3, 0.4) is 0 Å². The van der Waals surface area contributed by atoms with E-state index < -0.39 is 5.97 Å². The fourth-order valence-corrected chi connectivity index (χ4v) is 6.53. The first-order chi connectivity index (χ1) is 19.1. The Morgan fingerprint density at radius 1 is 0.744 bits per heavy atom. The van der Waals surface area contributed by atoms with Gasteiger partial charge in [0.2, 0.25) is 0 Å². The number of hydrogen-bond donors (Lipinski definition) is 1. The molecule has 2 heteroatoms. The van der Waals surface area contributed by atoms with Crippen molar-refractivity contribution in [2.45, 2.75) is 103 Å². The predicted molar refractivity (Wildman–Crippen MR) is 165 cm³/mol. The Morgan fingerprint density at radius 3 is 1.92 bits per heavy atom. The standard InChI is InChI=1S/C37H48O2/c1-3-5-6-11-28-16-20-30(21-17-28)31-24-26-33(27-25-31)36-15-8-7-14-35(36)32-22-18-29(19-23-32)12-9-13-34(10-4-2)37(38)39/h7-8,14-15,18-19,22-28,30,34H,3-6,9-13,16-17,20-21H2,1-2H3,(H,38,39). The van der Waals surface area contributed by atoms with Crippen molar-refractivity contribution in [2.75, 3.05) is 0 Å². The molecule has 3 aromatic rings. The molecule has 3 aromatic carbocycles. The van der Waals surface area contributed by atoms with Crippen LogP contribution in [0.1, 0.15) is 108 Å². The third kappa shape index (κ3) is 8.31. The van der Waals surface area contributed by atoms with Crippen molar-refractivity contribution in [1.82, 2.24) is 0 Å². The maximum absolute atomic E-state index is 11.4. The van der Waals surface area contributed by atoms with Crippen molar-refractivity contribution in [2.24, 2.45) is 11.8 Å². The highest BCUT2D eigenvalue weighted by molar-refractivity contribution is 5.83. The largest absolute Gasteiger partial charge is 0.481 e. The smallest absolute Gasteiger partial charge is 0.306 e. The highest BCUT2D eigenvalue weighted by Gasteiger charge is 2.22. The van der Waals surface area contributed by atoms with E-state index >= 15 is 0 Å². The molecule has 1 N–H and O–H groups in total. The van der Waals surface area contributed by atoms with E-state index in [1.54, 1.807) is 0 Å². The van der Waals surface area contributed by atoms with Gasteiger partial charge in [-0.3, -0.25) is 4.79 Å². The Hall–Kier alpha value is -2.87. The fraction of sp³-hybridized carbons (Fsp3) is 0.486. The summed E-state index contributed by atoms with van der Waals surface area (Å²) in [5.41, 5.74) is 7.84. The van der Waals surface area contributed by atoms with Crippen molar-refractivity contribution in [3.63, 3.8) is 0 Å². The summed E-state index contributed by atoms with van der Waals surface area (Å²) in [6, 6.07) is 27.0. The van der Waals surface area contributed by atoms with E-state index in [-0.39, 0.29) is 5.92 Å². The number of unbranched alkanes of at least 4 members (excludes halogenated alkanes) is 2. The number of aryl methyl sites for hydroxylation is 1. The summed E-state index contributed by atoms with van der Waals surface area (Å²) in [6.07, 6.45) is 15.3. The summed E-state index contributed by atoms with van der Waals surface area (Å²) in [6.45, 7) is 4.36. The van der Waals surface area contributed by atoms with Gasteiger partial charge in [-0.15, -0.1) is 0 Å². The topological polar surface area (TPSA) is 37.3 Å². The second-order valence-electron chi connectivity index (χ2n) is 11.8. The second kappa shape index (κ2) is 15.1. The van der Waals surface area contributed by atoms with Gasteiger partial charge in [0.25, 0.3) is 0 Å². The molecule has 208 valence electrons. The molecular formula is C37H48O2. The molecule has 1 saturated carbocycles. The maximum atomic E-state index is 11.4. The van der Waals surface area contributed by atoms with Gasteiger partial charge in [-0.25, -0.2) is 0 Å². The molecule has 0 radical (unpaired) electrons. The normalized spacial score (nSPS) is 18.1. The van der Waals surface area contributed by atoms with Gasteiger partial charge < -0.3 is 5.11 Å². The third-order valence-electron chi connectivity index (χ3n) is 8.95. The van der Waals surface area contributed by atoms with Crippen LogP contribution in [0.5, 0.6) is 0 Å². The van der Waals surface area contributed by atoms with Crippen LogP contribution in [0.4, 0.5) is 0 Å². The van der Waals surface area contributed by atoms with Crippen molar-refractivity contribution in [1.29, 1.82) is 0 Å². The molecule has 0 heterocycles. The molecule has 0 saturated heterocycles. The van der Waals surface area contributed by atoms with Crippen LogP contribution < -0.4 is 0 Å². The van der Waals surface area contributed by atoms with Crippen LogP contribution in [0.25, 0.3) is 22.3 Å². The summed E-state index contributed by atoms with van der Waals surface area (Å²) in [7, 11) is 0. The number of carboxylic acid groups (broad SMARTS) is 1. The molecule has 0 aliphatic heterocycles. The summed E-state index contributed by atoms with van der Waals surface area (Å²) in [5.74, 6) is 0.810. The van der Waals surface area contributed by atoms with Gasteiger partial charge in [0.15, 0.2) is 0 Å². The molecule has 39 heavy (non-hydrogen) atoms. The van der Waals surface area contributed by atoms with Crippen LogP contribution in [-0.4, -0.2) is 11.1 Å². The lowest BCUT2D eigenvalue weighted by Gasteiger charge is -2.29. The van der Waals surface area contributed by atoms with E-state index in [0.29, 0.717) is 0 Å². The van der Waals surface area contributed by atoms with Gasteiger partial charge in [0.05, 0.1) is 5.92 Å². The molecule has 4 rings (SSSR count). The summed E-state index contributed by atoms with van der Waals surface area (Å²) in [4.78, 5) is 11.4. The first kappa shape index (κ1) is 29.1. The first-order valence-electron chi connectivity index (χ1n) is 15.6. The summed E-state index contributed by atoms with van der Waals surface area (Å²) in [5, 5.41) is 9.41. The maximum Gasteiger partial charge on any atom is 0.306 e. The number of carboxylic acids is 1. The van der Waals surface area contributed by atoms with E-state index in [9.17, 15) is 9.90 Å². The molecule has 1 atom stereocenters. The number of carbonyl (C=O) groups is 1. The highest BCUT2D eigenvalue weighted by atomic mass is 16.4.